The summed E-state index contributed by atoms with van der Waals surface area (Å²) in [7, 11) is 0. The van der Waals surface area contributed by atoms with Crippen molar-refractivity contribution in [1.29, 1.82) is 0 Å². The maximum Gasteiger partial charge on any atom is 0.0704 e. The Bertz CT molecular complexity index is 502. The van der Waals surface area contributed by atoms with E-state index in [4.69, 9.17) is 0 Å². The number of pyridine rings is 1. The van der Waals surface area contributed by atoms with Gasteiger partial charge in [-0.25, -0.2) is 0 Å². The van der Waals surface area contributed by atoms with Crippen LogP contribution in [0.3, 0.4) is 0 Å². The molecule has 2 aromatic rings. The Labute approximate surface area is 116 Å². The molecule has 1 aromatic heterocycles. The SMILES string of the molecule is CCCNC(C)CCCc1ccnc2ccccc12. The van der Waals surface area contributed by atoms with E-state index >= 15 is 0 Å². The molecule has 0 bridgehead atoms. The van der Waals surface area contributed by atoms with E-state index in [-0.39, 0.29) is 0 Å². The van der Waals surface area contributed by atoms with Crippen LogP contribution >= 0.6 is 0 Å². The van der Waals surface area contributed by atoms with Crippen LogP contribution in [0.4, 0.5) is 0 Å². The summed E-state index contributed by atoms with van der Waals surface area (Å²) in [6.07, 6.45) is 6.74. The van der Waals surface area contributed by atoms with E-state index in [0.717, 1.165) is 18.5 Å². The maximum atomic E-state index is 4.41. The third-order valence-corrected chi connectivity index (χ3v) is 3.57. The number of hydrogen-bond donors (Lipinski definition) is 1. The topological polar surface area (TPSA) is 24.9 Å². The van der Waals surface area contributed by atoms with E-state index in [0.29, 0.717) is 6.04 Å². The van der Waals surface area contributed by atoms with E-state index < -0.39 is 0 Å². The first-order valence-corrected chi connectivity index (χ1v) is 7.37. The highest BCUT2D eigenvalue weighted by molar-refractivity contribution is 5.81. The minimum Gasteiger partial charge on any atom is -0.314 e. The molecule has 1 N–H and O–H groups in total. The van der Waals surface area contributed by atoms with Crippen LogP contribution in [0.2, 0.25) is 0 Å². The lowest BCUT2D eigenvalue weighted by molar-refractivity contribution is 0.498. The van der Waals surface area contributed by atoms with Gasteiger partial charge in [0.25, 0.3) is 0 Å². The van der Waals surface area contributed by atoms with Gasteiger partial charge in [-0.3, -0.25) is 4.98 Å². The van der Waals surface area contributed by atoms with Gasteiger partial charge in [-0.15, -0.1) is 0 Å². The third kappa shape index (κ3) is 4.03. The predicted octanol–water partition coefficient (Wildman–Crippen LogP) is 3.95. The van der Waals surface area contributed by atoms with Gasteiger partial charge < -0.3 is 5.32 Å². The van der Waals surface area contributed by atoms with Crippen LogP contribution in [-0.2, 0) is 6.42 Å². The zero-order chi connectivity index (χ0) is 13.5. The Kier molecular flexibility index (Phi) is 5.34. The fourth-order valence-corrected chi connectivity index (χ4v) is 2.46. The largest absolute Gasteiger partial charge is 0.314 e. The summed E-state index contributed by atoms with van der Waals surface area (Å²) < 4.78 is 0. The highest BCUT2D eigenvalue weighted by Crippen LogP contribution is 2.18. The minimum atomic E-state index is 0.619. The van der Waals surface area contributed by atoms with E-state index in [9.17, 15) is 0 Å². The zero-order valence-electron chi connectivity index (χ0n) is 12.0. The van der Waals surface area contributed by atoms with Gasteiger partial charge in [0.2, 0.25) is 0 Å². The van der Waals surface area contributed by atoms with Gasteiger partial charge >= 0.3 is 0 Å². The average molecular weight is 256 g/mol. The molecular weight excluding hydrogens is 232 g/mol. The number of nitrogens with one attached hydrogen (secondary N) is 1. The smallest absolute Gasteiger partial charge is 0.0704 e. The van der Waals surface area contributed by atoms with Crippen molar-refractivity contribution < 1.29 is 0 Å². The molecule has 19 heavy (non-hydrogen) atoms. The summed E-state index contributed by atoms with van der Waals surface area (Å²) in [5.74, 6) is 0. The number of rotatable bonds is 7. The average Bonchev–Trinajstić information content (AvgIpc) is 2.45. The first kappa shape index (κ1) is 14.0. The second-order valence-corrected chi connectivity index (χ2v) is 5.23. The minimum absolute atomic E-state index is 0.619. The molecule has 0 fully saturated rings. The van der Waals surface area contributed by atoms with Crippen LogP contribution in [0.25, 0.3) is 10.9 Å². The van der Waals surface area contributed by atoms with Gasteiger partial charge in [0, 0.05) is 17.6 Å². The quantitative estimate of drug-likeness (QED) is 0.811. The molecule has 0 saturated carbocycles. The second-order valence-electron chi connectivity index (χ2n) is 5.23. The van der Waals surface area contributed by atoms with Crippen molar-refractivity contribution in [3.05, 3.63) is 42.1 Å². The highest BCUT2D eigenvalue weighted by Gasteiger charge is 2.03. The van der Waals surface area contributed by atoms with Gasteiger partial charge in [0.15, 0.2) is 0 Å². The molecule has 0 radical (unpaired) electrons. The van der Waals surface area contributed by atoms with Crippen LogP contribution in [0.1, 0.15) is 38.7 Å². The highest BCUT2D eigenvalue weighted by atomic mass is 14.9. The molecule has 1 heterocycles. The Hall–Kier alpha value is -1.41. The Morgan fingerprint density at radius 1 is 1.21 bits per heavy atom. The second kappa shape index (κ2) is 7.25. The number of benzene rings is 1. The van der Waals surface area contributed by atoms with Gasteiger partial charge in [-0.1, -0.05) is 25.1 Å². The number of fused-ring (bicyclic) bond motifs is 1. The summed E-state index contributed by atoms with van der Waals surface area (Å²) in [5, 5.41) is 4.85. The third-order valence-electron chi connectivity index (χ3n) is 3.57. The first-order valence-electron chi connectivity index (χ1n) is 7.37. The van der Waals surface area contributed by atoms with Crippen molar-refractivity contribution in [1.82, 2.24) is 10.3 Å². The normalized spacial score (nSPS) is 12.7. The number of nitrogens with zero attached hydrogens (tertiary/aromatic N) is 1. The van der Waals surface area contributed by atoms with Crippen molar-refractivity contribution in [3.63, 3.8) is 0 Å². The van der Waals surface area contributed by atoms with Gasteiger partial charge in [0.05, 0.1) is 5.52 Å². The summed E-state index contributed by atoms with van der Waals surface area (Å²) in [5.41, 5.74) is 2.53. The van der Waals surface area contributed by atoms with Crippen molar-refractivity contribution in [2.45, 2.75) is 45.6 Å². The fourth-order valence-electron chi connectivity index (χ4n) is 2.46. The van der Waals surface area contributed by atoms with Crippen molar-refractivity contribution in [2.24, 2.45) is 0 Å². The molecule has 2 heteroatoms. The summed E-state index contributed by atoms with van der Waals surface area (Å²) >= 11 is 0. The lowest BCUT2D eigenvalue weighted by Crippen LogP contribution is -2.26. The fraction of sp³-hybridized carbons (Fsp3) is 0.471. The van der Waals surface area contributed by atoms with Crippen molar-refractivity contribution in [2.75, 3.05) is 6.54 Å². The lowest BCUT2D eigenvalue weighted by atomic mass is 10.0. The Balaban J connectivity index is 1.91. The first-order chi connectivity index (χ1) is 9.31. The molecule has 0 saturated heterocycles. The van der Waals surface area contributed by atoms with Gasteiger partial charge in [-0.05, 0) is 56.8 Å². The predicted molar refractivity (Wildman–Crippen MR) is 82.4 cm³/mol. The van der Waals surface area contributed by atoms with E-state index in [2.05, 4.69) is 54.5 Å². The van der Waals surface area contributed by atoms with E-state index in [1.54, 1.807) is 0 Å². The van der Waals surface area contributed by atoms with E-state index in [1.165, 1.54) is 30.2 Å². The van der Waals surface area contributed by atoms with Crippen LogP contribution in [0, 0.1) is 0 Å². The number of hydrogen-bond acceptors (Lipinski definition) is 2. The van der Waals surface area contributed by atoms with Crippen LogP contribution in [0.15, 0.2) is 36.5 Å². The Morgan fingerprint density at radius 3 is 2.89 bits per heavy atom. The molecule has 0 spiro atoms. The van der Waals surface area contributed by atoms with Crippen LogP contribution in [-0.4, -0.2) is 17.6 Å². The van der Waals surface area contributed by atoms with Gasteiger partial charge in [0.1, 0.15) is 0 Å². The lowest BCUT2D eigenvalue weighted by Gasteiger charge is -2.13. The number of aromatic nitrogens is 1. The molecule has 0 aliphatic carbocycles. The zero-order valence-corrected chi connectivity index (χ0v) is 12.0. The van der Waals surface area contributed by atoms with Crippen molar-refractivity contribution >= 4 is 10.9 Å². The number of aryl methyl sites for hydroxylation is 1. The van der Waals surface area contributed by atoms with Crippen LogP contribution < -0.4 is 5.32 Å². The number of para-hydroxylation sites is 1. The molecule has 2 rings (SSSR count). The molecule has 1 atom stereocenters. The molecule has 0 aliphatic heterocycles. The van der Waals surface area contributed by atoms with Crippen molar-refractivity contribution in [3.8, 4) is 0 Å². The standard InChI is InChI=1S/C17H24N2/c1-3-12-18-14(2)7-6-8-15-11-13-19-17-10-5-4-9-16(15)17/h4-5,9-11,13-14,18H,3,6-8,12H2,1-2H3. The molecule has 0 amide bonds. The summed E-state index contributed by atoms with van der Waals surface area (Å²) in [4.78, 5) is 4.41. The molecule has 102 valence electrons. The molecule has 0 aliphatic rings. The monoisotopic (exact) mass is 256 g/mol. The molecular formula is C17H24N2. The summed E-state index contributed by atoms with van der Waals surface area (Å²) in [6.45, 7) is 5.61. The molecule has 1 aromatic carbocycles. The van der Waals surface area contributed by atoms with E-state index in [1.807, 2.05) is 6.20 Å². The Morgan fingerprint density at radius 2 is 2.05 bits per heavy atom. The van der Waals surface area contributed by atoms with Gasteiger partial charge in [-0.2, -0.15) is 0 Å². The summed E-state index contributed by atoms with van der Waals surface area (Å²) in [6, 6.07) is 11.2. The molecule has 2 nitrogen and oxygen atoms in total. The van der Waals surface area contributed by atoms with Crippen LogP contribution in [0.5, 0.6) is 0 Å². The molecule has 1 unspecified atom stereocenters. The maximum absolute atomic E-state index is 4.41.